The van der Waals surface area contributed by atoms with Gasteiger partial charge in [0.2, 0.25) is 0 Å². The second-order valence-corrected chi connectivity index (χ2v) is 6.94. The van der Waals surface area contributed by atoms with Crippen LogP contribution in [0.25, 0.3) is 0 Å². The first-order valence-corrected chi connectivity index (χ1v) is 9.45. The van der Waals surface area contributed by atoms with Crippen molar-refractivity contribution in [3.8, 4) is 5.75 Å². The maximum Gasteiger partial charge on any atom is 0.255 e. The number of carbonyl (C=O) groups is 1. The Kier molecular flexibility index (Phi) is 7.19. The molecule has 24 heavy (non-hydrogen) atoms. The predicted molar refractivity (Wildman–Crippen MR) is 101 cm³/mol. The highest BCUT2D eigenvalue weighted by Crippen LogP contribution is 2.19. The van der Waals surface area contributed by atoms with Gasteiger partial charge in [0.05, 0.1) is 12.2 Å². The van der Waals surface area contributed by atoms with Gasteiger partial charge in [0, 0.05) is 11.4 Å². The van der Waals surface area contributed by atoms with Crippen molar-refractivity contribution < 1.29 is 9.53 Å². The summed E-state index contributed by atoms with van der Waals surface area (Å²) in [5, 5.41) is 2.97. The summed E-state index contributed by atoms with van der Waals surface area (Å²) in [5.74, 6) is 1.12. The molecule has 1 N–H and O–H groups in total. The van der Waals surface area contributed by atoms with E-state index in [-0.39, 0.29) is 5.91 Å². The van der Waals surface area contributed by atoms with E-state index in [4.69, 9.17) is 4.74 Å². The monoisotopic (exact) mass is 343 g/mol. The van der Waals surface area contributed by atoms with Crippen LogP contribution in [0.4, 0.5) is 0 Å². The molecule has 0 saturated carbocycles. The summed E-state index contributed by atoms with van der Waals surface area (Å²) in [6.45, 7) is 5.44. The number of thioether (sulfide) groups is 1. The van der Waals surface area contributed by atoms with Gasteiger partial charge < -0.3 is 10.1 Å². The summed E-state index contributed by atoms with van der Waals surface area (Å²) in [6, 6.07) is 15.6. The minimum Gasteiger partial charge on any atom is -0.493 e. The molecule has 1 amide bonds. The summed E-state index contributed by atoms with van der Waals surface area (Å²) in [4.78, 5) is 13.7. The fraction of sp³-hybridized carbons (Fsp3) is 0.350. The number of ether oxygens (including phenoxy) is 1. The van der Waals surface area contributed by atoms with Crippen LogP contribution in [-0.2, 0) is 6.54 Å². The Morgan fingerprint density at radius 1 is 1.12 bits per heavy atom. The zero-order chi connectivity index (χ0) is 17.4. The molecule has 128 valence electrons. The van der Waals surface area contributed by atoms with Crippen LogP contribution in [0.2, 0.25) is 0 Å². The lowest BCUT2D eigenvalue weighted by Gasteiger charge is -2.12. The molecule has 0 radical (unpaired) electrons. The first-order chi connectivity index (χ1) is 11.6. The van der Waals surface area contributed by atoms with Crippen molar-refractivity contribution >= 4 is 17.7 Å². The highest BCUT2D eigenvalue weighted by Gasteiger charge is 2.12. The van der Waals surface area contributed by atoms with Gasteiger partial charge in [-0.05, 0) is 48.4 Å². The third-order valence-corrected chi connectivity index (χ3v) is 4.44. The van der Waals surface area contributed by atoms with Gasteiger partial charge in [0.15, 0.2) is 0 Å². The minimum atomic E-state index is -0.107. The van der Waals surface area contributed by atoms with Gasteiger partial charge in [-0.3, -0.25) is 4.79 Å². The molecule has 3 nitrogen and oxygen atoms in total. The lowest BCUT2D eigenvalue weighted by atomic mass is 10.1. The maximum atomic E-state index is 12.5. The van der Waals surface area contributed by atoms with E-state index < -0.39 is 0 Å². The molecule has 0 aliphatic rings. The van der Waals surface area contributed by atoms with E-state index >= 15 is 0 Å². The molecule has 0 aromatic heterocycles. The molecule has 2 rings (SSSR count). The van der Waals surface area contributed by atoms with Crippen LogP contribution in [0, 0.1) is 5.92 Å². The smallest absolute Gasteiger partial charge is 0.255 e. The largest absolute Gasteiger partial charge is 0.493 e. The Morgan fingerprint density at radius 2 is 1.83 bits per heavy atom. The second kappa shape index (κ2) is 9.38. The van der Waals surface area contributed by atoms with Crippen LogP contribution in [0.5, 0.6) is 5.75 Å². The number of amides is 1. The van der Waals surface area contributed by atoms with Crippen molar-refractivity contribution in [2.45, 2.75) is 31.7 Å². The molecule has 0 bridgehead atoms. The number of hydrogen-bond donors (Lipinski definition) is 1. The Morgan fingerprint density at radius 3 is 2.50 bits per heavy atom. The second-order valence-electron chi connectivity index (χ2n) is 6.06. The highest BCUT2D eigenvalue weighted by molar-refractivity contribution is 7.98. The lowest BCUT2D eigenvalue weighted by molar-refractivity contribution is 0.0946. The van der Waals surface area contributed by atoms with E-state index in [1.165, 1.54) is 4.90 Å². The molecule has 0 saturated heterocycles. The molecule has 0 atom stereocenters. The van der Waals surface area contributed by atoms with Crippen LogP contribution < -0.4 is 10.1 Å². The molecule has 4 heteroatoms. The molecular formula is C20H25NO2S. The van der Waals surface area contributed by atoms with Crippen molar-refractivity contribution in [1.82, 2.24) is 5.32 Å². The molecule has 0 aliphatic heterocycles. The van der Waals surface area contributed by atoms with Gasteiger partial charge in [-0.1, -0.05) is 38.1 Å². The third kappa shape index (κ3) is 5.60. The lowest BCUT2D eigenvalue weighted by Crippen LogP contribution is -2.23. The van der Waals surface area contributed by atoms with Crippen molar-refractivity contribution in [2.24, 2.45) is 5.92 Å². The SMILES string of the molecule is CSc1ccc(CNC(=O)c2ccccc2OCCC(C)C)cc1. The van der Waals surface area contributed by atoms with Crippen LogP contribution >= 0.6 is 11.8 Å². The number of hydrogen-bond acceptors (Lipinski definition) is 3. The van der Waals surface area contributed by atoms with Crippen LogP contribution in [0.3, 0.4) is 0 Å². The quantitative estimate of drug-likeness (QED) is 0.702. The number of rotatable bonds is 8. The van der Waals surface area contributed by atoms with Gasteiger partial charge in [-0.15, -0.1) is 11.8 Å². The standard InChI is InChI=1S/C20H25NO2S/c1-15(2)12-13-23-19-7-5-4-6-18(19)20(22)21-14-16-8-10-17(24-3)11-9-16/h4-11,15H,12-14H2,1-3H3,(H,21,22). The maximum absolute atomic E-state index is 12.5. The van der Waals surface area contributed by atoms with Crippen molar-refractivity contribution in [2.75, 3.05) is 12.9 Å². The normalized spacial score (nSPS) is 10.7. The van der Waals surface area contributed by atoms with E-state index in [9.17, 15) is 4.79 Å². The third-order valence-electron chi connectivity index (χ3n) is 3.70. The number of para-hydroxylation sites is 1. The highest BCUT2D eigenvalue weighted by atomic mass is 32.2. The molecule has 0 aliphatic carbocycles. The average Bonchev–Trinajstić information content (AvgIpc) is 2.60. The Balaban J connectivity index is 1.95. The first kappa shape index (κ1) is 18.4. The van der Waals surface area contributed by atoms with Crippen LogP contribution in [-0.4, -0.2) is 18.8 Å². The van der Waals surface area contributed by atoms with Crippen LogP contribution in [0.15, 0.2) is 53.4 Å². The Hall–Kier alpha value is -1.94. The van der Waals surface area contributed by atoms with E-state index in [2.05, 4.69) is 31.3 Å². The van der Waals surface area contributed by atoms with Gasteiger partial charge in [-0.25, -0.2) is 0 Å². The average molecular weight is 343 g/mol. The molecular weight excluding hydrogens is 318 g/mol. The molecule has 0 unspecified atom stereocenters. The minimum absolute atomic E-state index is 0.107. The fourth-order valence-corrected chi connectivity index (χ4v) is 2.61. The predicted octanol–water partition coefficient (Wildman–Crippen LogP) is 4.76. The zero-order valence-corrected chi connectivity index (χ0v) is 15.4. The molecule has 2 aromatic carbocycles. The van der Waals surface area contributed by atoms with Gasteiger partial charge >= 0.3 is 0 Å². The first-order valence-electron chi connectivity index (χ1n) is 8.23. The summed E-state index contributed by atoms with van der Waals surface area (Å²) in [5.41, 5.74) is 1.67. The Bertz CT molecular complexity index is 653. The van der Waals surface area contributed by atoms with Gasteiger partial charge in [0.1, 0.15) is 5.75 Å². The molecule has 0 fully saturated rings. The zero-order valence-electron chi connectivity index (χ0n) is 14.5. The summed E-state index contributed by atoms with van der Waals surface area (Å²) in [6.07, 6.45) is 3.02. The summed E-state index contributed by atoms with van der Waals surface area (Å²) < 4.78 is 5.79. The van der Waals surface area contributed by atoms with E-state index in [1.54, 1.807) is 17.8 Å². The topological polar surface area (TPSA) is 38.3 Å². The van der Waals surface area contributed by atoms with E-state index in [0.717, 1.165) is 12.0 Å². The summed E-state index contributed by atoms with van der Waals surface area (Å²) in [7, 11) is 0. The molecule has 0 heterocycles. The summed E-state index contributed by atoms with van der Waals surface area (Å²) >= 11 is 1.71. The number of carbonyl (C=O) groups excluding carboxylic acids is 1. The molecule has 2 aromatic rings. The Labute approximate surface area is 148 Å². The number of nitrogens with one attached hydrogen (secondary N) is 1. The van der Waals surface area contributed by atoms with Crippen molar-refractivity contribution in [3.05, 3.63) is 59.7 Å². The van der Waals surface area contributed by atoms with Crippen molar-refractivity contribution in [3.63, 3.8) is 0 Å². The van der Waals surface area contributed by atoms with E-state index in [1.807, 2.05) is 36.6 Å². The van der Waals surface area contributed by atoms with Crippen molar-refractivity contribution in [1.29, 1.82) is 0 Å². The fourth-order valence-electron chi connectivity index (χ4n) is 2.21. The number of benzene rings is 2. The van der Waals surface area contributed by atoms with E-state index in [0.29, 0.717) is 30.4 Å². The van der Waals surface area contributed by atoms with Crippen LogP contribution in [0.1, 0.15) is 36.2 Å². The van der Waals surface area contributed by atoms with Gasteiger partial charge in [-0.2, -0.15) is 0 Å². The van der Waals surface area contributed by atoms with Gasteiger partial charge in [0.25, 0.3) is 5.91 Å². The molecule has 0 spiro atoms.